The van der Waals surface area contributed by atoms with Gasteiger partial charge in [0.15, 0.2) is 0 Å². The Morgan fingerprint density at radius 1 is 1.21 bits per heavy atom. The van der Waals surface area contributed by atoms with Crippen LogP contribution >= 0.6 is 0 Å². The molecule has 2 amide bonds. The third-order valence-corrected chi connectivity index (χ3v) is 4.35. The van der Waals surface area contributed by atoms with Crippen molar-refractivity contribution in [3.8, 4) is 5.75 Å². The highest BCUT2D eigenvalue weighted by molar-refractivity contribution is 5.74. The maximum atomic E-state index is 12.1. The van der Waals surface area contributed by atoms with Crippen molar-refractivity contribution in [2.24, 2.45) is 0 Å². The van der Waals surface area contributed by atoms with Crippen molar-refractivity contribution in [3.63, 3.8) is 0 Å². The van der Waals surface area contributed by atoms with E-state index in [1.54, 1.807) is 7.11 Å². The summed E-state index contributed by atoms with van der Waals surface area (Å²) in [5, 5.41) is 15.9. The number of hydrogen-bond acceptors (Lipinski definition) is 3. The van der Waals surface area contributed by atoms with Crippen LogP contribution < -0.4 is 15.4 Å². The molecule has 2 aromatic rings. The normalized spacial score (nSPS) is 18.8. The highest BCUT2D eigenvalue weighted by atomic mass is 16.5. The van der Waals surface area contributed by atoms with Crippen LogP contribution in [0.3, 0.4) is 0 Å². The number of carbonyl (C=O) groups excluding carboxylic acids is 1. The lowest BCUT2D eigenvalue weighted by atomic mass is 10.1. The number of benzene rings is 2. The van der Waals surface area contributed by atoms with Crippen molar-refractivity contribution in [2.75, 3.05) is 13.7 Å². The van der Waals surface area contributed by atoms with Gasteiger partial charge in [-0.3, -0.25) is 0 Å². The number of nitrogens with one attached hydrogen (secondary N) is 2. The Balaban J connectivity index is 1.49. The molecule has 1 aliphatic carbocycles. The van der Waals surface area contributed by atoms with Gasteiger partial charge < -0.3 is 20.5 Å². The summed E-state index contributed by atoms with van der Waals surface area (Å²) in [5.74, 6) is 0.818. The van der Waals surface area contributed by atoms with E-state index in [0.717, 1.165) is 28.9 Å². The number of fused-ring (bicyclic) bond motifs is 1. The molecule has 0 fully saturated rings. The quantitative estimate of drug-likeness (QED) is 0.789. The van der Waals surface area contributed by atoms with Crippen LogP contribution in [-0.2, 0) is 12.8 Å². The van der Waals surface area contributed by atoms with E-state index < -0.39 is 6.10 Å². The second kappa shape index (κ2) is 7.36. The van der Waals surface area contributed by atoms with E-state index >= 15 is 0 Å². The number of amides is 2. The van der Waals surface area contributed by atoms with Gasteiger partial charge in [-0.2, -0.15) is 0 Å². The van der Waals surface area contributed by atoms with Crippen LogP contribution in [0.1, 0.15) is 22.7 Å². The summed E-state index contributed by atoms with van der Waals surface area (Å²) in [6, 6.07) is 15.0. The molecule has 0 radical (unpaired) electrons. The Hall–Kier alpha value is -2.53. The van der Waals surface area contributed by atoms with Crippen LogP contribution in [-0.4, -0.2) is 30.9 Å². The highest BCUT2D eigenvalue weighted by Crippen LogP contribution is 2.30. The molecule has 24 heavy (non-hydrogen) atoms. The average molecular weight is 326 g/mol. The van der Waals surface area contributed by atoms with E-state index in [1.807, 2.05) is 48.5 Å². The molecule has 0 heterocycles. The summed E-state index contributed by atoms with van der Waals surface area (Å²) in [7, 11) is 1.64. The topological polar surface area (TPSA) is 70.6 Å². The highest BCUT2D eigenvalue weighted by Gasteiger charge is 2.31. The van der Waals surface area contributed by atoms with E-state index in [9.17, 15) is 9.90 Å². The van der Waals surface area contributed by atoms with Crippen LogP contribution in [0.25, 0.3) is 0 Å². The number of rotatable bonds is 5. The Kier molecular flexibility index (Phi) is 5.01. The molecule has 0 aromatic heterocycles. The molecule has 3 N–H and O–H groups in total. The first kappa shape index (κ1) is 16.3. The van der Waals surface area contributed by atoms with E-state index in [0.29, 0.717) is 13.0 Å². The lowest BCUT2D eigenvalue weighted by Gasteiger charge is -2.18. The number of aliphatic hydroxyl groups is 1. The molecule has 1 aliphatic rings. The van der Waals surface area contributed by atoms with Gasteiger partial charge in [-0.1, -0.05) is 36.4 Å². The summed E-state index contributed by atoms with van der Waals surface area (Å²) in [6.07, 6.45) is 0.739. The van der Waals surface area contributed by atoms with Crippen LogP contribution in [0.2, 0.25) is 0 Å². The number of ether oxygens (including phenoxy) is 1. The van der Waals surface area contributed by atoms with Gasteiger partial charge in [0.25, 0.3) is 0 Å². The van der Waals surface area contributed by atoms with E-state index in [2.05, 4.69) is 10.6 Å². The van der Waals surface area contributed by atoms with E-state index in [1.165, 1.54) is 0 Å². The zero-order chi connectivity index (χ0) is 16.9. The monoisotopic (exact) mass is 326 g/mol. The average Bonchev–Trinajstić information content (AvgIpc) is 2.91. The van der Waals surface area contributed by atoms with Gasteiger partial charge in [0.2, 0.25) is 0 Å². The minimum atomic E-state index is -0.574. The fraction of sp³-hybridized carbons (Fsp3) is 0.316. The summed E-state index contributed by atoms with van der Waals surface area (Å²) < 4.78 is 5.12. The predicted octanol–water partition coefficient (Wildman–Crippen LogP) is 2.20. The molecule has 0 saturated carbocycles. The zero-order valence-electron chi connectivity index (χ0n) is 13.7. The summed E-state index contributed by atoms with van der Waals surface area (Å²) in [5.41, 5.74) is 3.21. The van der Waals surface area contributed by atoms with Crippen LogP contribution in [0, 0.1) is 0 Å². The standard InChI is InChI=1S/C19H22N2O3/c1-24-15-8-6-13(7-9-15)10-11-20-19(23)21-18-16-5-3-2-4-14(16)12-17(18)22/h2-9,17-18,22H,10-12H2,1H3,(H2,20,21,23). The molecular formula is C19H22N2O3. The molecule has 0 spiro atoms. The fourth-order valence-electron chi connectivity index (χ4n) is 3.05. The van der Waals surface area contributed by atoms with E-state index in [4.69, 9.17) is 4.74 Å². The second-order valence-corrected chi connectivity index (χ2v) is 5.95. The first-order valence-corrected chi connectivity index (χ1v) is 8.10. The molecule has 5 nitrogen and oxygen atoms in total. The minimum Gasteiger partial charge on any atom is -0.497 e. The van der Waals surface area contributed by atoms with Crippen molar-refractivity contribution >= 4 is 6.03 Å². The number of carbonyl (C=O) groups is 1. The van der Waals surface area contributed by atoms with Gasteiger partial charge in [-0.25, -0.2) is 4.79 Å². The van der Waals surface area contributed by atoms with Crippen LogP contribution in [0.4, 0.5) is 4.79 Å². The maximum Gasteiger partial charge on any atom is 0.315 e. The fourth-order valence-corrected chi connectivity index (χ4v) is 3.05. The largest absolute Gasteiger partial charge is 0.497 e. The third-order valence-electron chi connectivity index (χ3n) is 4.35. The Labute approximate surface area is 141 Å². The van der Waals surface area contributed by atoms with Crippen molar-refractivity contribution in [1.82, 2.24) is 10.6 Å². The van der Waals surface area contributed by atoms with Gasteiger partial charge in [0.1, 0.15) is 5.75 Å². The van der Waals surface area contributed by atoms with Gasteiger partial charge in [-0.05, 0) is 35.2 Å². The predicted molar refractivity (Wildman–Crippen MR) is 92.1 cm³/mol. The third kappa shape index (κ3) is 3.68. The second-order valence-electron chi connectivity index (χ2n) is 5.95. The van der Waals surface area contributed by atoms with E-state index in [-0.39, 0.29) is 12.1 Å². The number of aliphatic hydroxyl groups excluding tert-OH is 1. The molecule has 0 saturated heterocycles. The summed E-state index contributed by atoms with van der Waals surface area (Å²) >= 11 is 0. The van der Waals surface area contributed by atoms with Crippen LogP contribution in [0.15, 0.2) is 48.5 Å². The lowest BCUT2D eigenvalue weighted by Crippen LogP contribution is -2.41. The SMILES string of the molecule is COc1ccc(CCNC(=O)NC2c3ccccc3CC2O)cc1. The molecular weight excluding hydrogens is 304 g/mol. The molecule has 2 aromatic carbocycles. The summed E-state index contributed by atoms with van der Waals surface area (Å²) in [6.45, 7) is 0.530. The van der Waals surface area contributed by atoms with Crippen molar-refractivity contribution in [1.29, 1.82) is 0 Å². The molecule has 126 valence electrons. The van der Waals surface area contributed by atoms with Crippen molar-refractivity contribution in [3.05, 3.63) is 65.2 Å². The van der Waals surface area contributed by atoms with Gasteiger partial charge in [0, 0.05) is 13.0 Å². The Bertz CT molecular complexity index is 700. The number of hydrogen-bond donors (Lipinski definition) is 3. The Morgan fingerprint density at radius 3 is 2.71 bits per heavy atom. The van der Waals surface area contributed by atoms with Gasteiger partial charge in [-0.15, -0.1) is 0 Å². The van der Waals surface area contributed by atoms with Gasteiger partial charge in [0.05, 0.1) is 19.3 Å². The molecule has 3 rings (SSSR count). The molecule has 0 aliphatic heterocycles. The van der Waals surface area contributed by atoms with Crippen molar-refractivity contribution < 1.29 is 14.6 Å². The van der Waals surface area contributed by atoms with Gasteiger partial charge >= 0.3 is 6.03 Å². The molecule has 2 atom stereocenters. The first-order valence-electron chi connectivity index (χ1n) is 8.10. The molecule has 0 bridgehead atoms. The first-order chi connectivity index (χ1) is 11.7. The molecule has 2 unspecified atom stereocenters. The lowest BCUT2D eigenvalue weighted by molar-refractivity contribution is 0.142. The maximum absolute atomic E-state index is 12.1. The number of methoxy groups -OCH3 is 1. The Morgan fingerprint density at radius 2 is 1.96 bits per heavy atom. The number of urea groups is 1. The van der Waals surface area contributed by atoms with Crippen LogP contribution in [0.5, 0.6) is 5.75 Å². The zero-order valence-corrected chi connectivity index (χ0v) is 13.7. The minimum absolute atomic E-state index is 0.260. The summed E-state index contributed by atoms with van der Waals surface area (Å²) in [4.78, 5) is 12.1. The molecule has 5 heteroatoms. The van der Waals surface area contributed by atoms with Crippen molar-refractivity contribution in [2.45, 2.75) is 25.0 Å². The smallest absolute Gasteiger partial charge is 0.315 e.